The lowest BCUT2D eigenvalue weighted by molar-refractivity contribution is -0.211. The number of hydrogen-bond donors (Lipinski definition) is 3. The first-order chi connectivity index (χ1) is 17.8. The molecule has 0 radical (unpaired) electrons. The van der Waals surface area contributed by atoms with Crippen LogP contribution in [0.25, 0.3) is 0 Å². The molecule has 200 valence electrons. The van der Waals surface area contributed by atoms with E-state index >= 15 is 0 Å². The number of aryl methyl sites for hydroxylation is 1. The number of fused-ring (bicyclic) bond motifs is 1. The van der Waals surface area contributed by atoms with Gasteiger partial charge in [-0.05, 0) is 78.0 Å². The summed E-state index contributed by atoms with van der Waals surface area (Å²) in [6.07, 6.45) is 3.99. The molecule has 0 bridgehead atoms. The lowest BCUT2D eigenvalue weighted by Crippen LogP contribution is -2.54. The molecule has 4 aliphatic rings. The molecule has 2 saturated heterocycles. The largest absolute Gasteiger partial charge is 0.387 e. The lowest BCUT2D eigenvalue weighted by atomic mass is 9.50. The molecule has 0 amide bonds. The van der Waals surface area contributed by atoms with Gasteiger partial charge in [0, 0.05) is 12.8 Å². The summed E-state index contributed by atoms with van der Waals surface area (Å²) >= 11 is 1.33. The number of benzene rings is 2. The van der Waals surface area contributed by atoms with Crippen LogP contribution < -0.4 is 0 Å². The van der Waals surface area contributed by atoms with Crippen molar-refractivity contribution in [2.24, 2.45) is 5.92 Å². The highest BCUT2D eigenvalue weighted by Gasteiger charge is 2.57. The molecule has 2 saturated carbocycles. The van der Waals surface area contributed by atoms with E-state index in [1.54, 1.807) is 0 Å². The summed E-state index contributed by atoms with van der Waals surface area (Å²) in [5, 5.41) is 31.2. The van der Waals surface area contributed by atoms with Gasteiger partial charge in [0.05, 0.1) is 13.2 Å². The van der Waals surface area contributed by atoms with Crippen LogP contribution in [-0.2, 0) is 26.0 Å². The molecule has 4 fully saturated rings. The van der Waals surface area contributed by atoms with Crippen molar-refractivity contribution in [3.05, 3.63) is 70.3 Å². The second kappa shape index (κ2) is 9.94. The van der Waals surface area contributed by atoms with Crippen molar-refractivity contribution < 1.29 is 29.5 Å². The van der Waals surface area contributed by atoms with Crippen molar-refractivity contribution in [3.63, 3.8) is 0 Å². The molecule has 0 unspecified atom stereocenters. The van der Waals surface area contributed by atoms with E-state index in [1.807, 2.05) is 18.4 Å². The summed E-state index contributed by atoms with van der Waals surface area (Å²) < 4.78 is 18.0. The first-order valence-corrected chi connectivity index (χ1v) is 14.8. The molecule has 2 heterocycles. The minimum Gasteiger partial charge on any atom is -0.387 e. The van der Waals surface area contributed by atoms with Crippen molar-refractivity contribution in [1.29, 1.82) is 0 Å². The summed E-state index contributed by atoms with van der Waals surface area (Å²) in [5.41, 5.74) is 5.52. The van der Waals surface area contributed by atoms with Gasteiger partial charge in [0.25, 0.3) is 0 Å². The normalized spacial score (nSPS) is 36.8. The highest BCUT2D eigenvalue weighted by atomic mass is 32.2. The summed E-state index contributed by atoms with van der Waals surface area (Å²) in [6.45, 7) is 3.54. The molecule has 3 N–H and O–H groups in total. The number of aliphatic hydroxyl groups is 3. The van der Waals surface area contributed by atoms with Gasteiger partial charge in [-0.2, -0.15) is 0 Å². The Morgan fingerprint density at radius 2 is 1.68 bits per heavy atom. The summed E-state index contributed by atoms with van der Waals surface area (Å²) in [4.78, 5) is 0. The van der Waals surface area contributed by atoms with Crippen molar-refractivity contribution >= 4 is 11.8 Å². The Kier molecular flexibility index (Phi) is 6.93. The van der Waals surface area contributed by atoms with E-state index in [0.29, 0.717) is 5.92 Å². The quantitative estimate of drug-likeness (QED) is 0.543. The number of hydrogen-bond acceptors (Lipinski definition) is 7. The molecule has 37 heavy (non-hydrogen) atoms. The van der Waals surface area contributed by atoms with E-state index in [1.165, 1.54) is 41.3 Å². The molecule has 1 spiro atoms. The highest BCUT2D eigenvalue weighted by molar-refractivity contribution is 7.99. The Morgan fingerprint density at radius 3 is 2.32 bits per heavy atom. The fraction of sp³-hybridized carbons (Fsp3) is 0.600. The van der Waals surface area contributed by atoms with Crippen LogP contribution in [0.4, 0.5) is 0 Å². The number of ether oxygens (including phenoxy) is 3. The van der Waals surface area contributed by atoms with Crippen LogP contribution in [0.3, 0.4) is 0 Å². The Labute approximate surface area is 223 Å². The topological polar surface area (TPSA) is 88.4 Å². The third-order valence-corrected chi connectivity index (χ3v) is 10.3. The van der Waals surface area contributed by atoms with Crippen LogP contribution in [-0.4, -0.2) is 64.3 Å². The van der Waals surface area contributed by atoms with Gasteiger partial charge in [0.1, 0.15) is 29.9 Å². The second-order valence-electron chi connectivity index (χ2n) is 11.4. The average molecular weight is 527 g/mol. The molecule has 6 rings (SSSR count). The van der Waals surface area contributed by atoms with Crippen molar-refractivity contribution in [2.45, 2.75) is 86.5 Å². The summed E-state index contributed by atoms with van der Waals surface area (Å²) in [5.74, 6) is 0.307. The molecule has 7 heteroatoms. The van der Waals surface area contributed by atoms with E-state index in [2.05, 4.69) is 37.3 Å². The molecular weight excluding hydrogens is 488 g/mol. The van der Waals surface area contributed by atoms with Crippen molar-refractivity contribution in [1.82, 2.24) is 0 Å². The molecule has 2 aromatic rings. The minimum atomic E-state index is -1.25. The average Bonchev–Trinajstić information content (AvgIpc) is 3.36. The highest BCUT2D eigenvalue weighted by Crippen LogP contribution is 2.60. The zero-order valence-corrected chi connectivity index (χ0v) is 22.5. The Hall–Kier alpha value is -1.45. The monoisotopic (exact) mass is 526 g/mol. The van der Waals surface area contributed by atoms with Crippen LogP contribution in [0.5, 0.6) is 0 Å². The third kappa shape index (κ3) is 4.46. The van der Waals surface area contributed by atoms with E-state index in [0.717, 1.165) is 50.0 Å². The maximum atomic E-state index is 10.6. The van der Waals surface area contributed by atoms with Crippen molar-refractivity contribution in [2.75, 3.05) is 19.5 Å². The summed E-state index contributed by atoms with van der Waals surface area (Å²) in [7, 11) is 0. The molecule has 2 aromatic carbocycles. The minimum absolute atomic E-state index is 0.266. The van der Waals surface area contributed by atoms with E-state index in [4.69, 9.17) is 14.2 Å². The van der Waals surface area contributed by atoms with Crippen LogP contribution in [0.1, 0.15) is 66.0 Å². The lowest BCUT2D eigenvalue weighted by Gasteiger charge is -2.57. The Balaban J connectivity index is 1.18. The van der Waals surface area contributed by atoms with Crippen LogP contribution in [0.2, 0.25) is 0 Å². The first kappa shape index (κ1) is 25.8. The Morgan fingerprint density at radius 1 is 0.919 bits per heavy atom. The van der Waals surface area contributed by atoms with Gasteiger partial charge in [0.15, 0.2) is 5.79 Å². The van der Waals surface area contributed by atoms with Gasteiger partial charge < -0.3 is 29.5 Å². The van der Waals surface area contributed by atoms with Gasteiger partial charge in [-0.15, -0.1) is 11.8 Å². The first-order valence-electron chi connectivity index (χ1n) is 13.5. The van der Waals surface area contributed by atoms with E-state index < -0.39 is 29.9 Å². The summed E-state index contributed by atoms with van der Waals surface area (Å²) in [6, 6.07) is 15.2. The van der Waals surface area contributed by atoms with Gasteiger partial charge in [-0.3, -0.25) is 0 Å². The molecule has 2 aliphatic heterocycles. The maximum absolute atomic E-state index is 10.6. The van der Waals surface area contributed by atoms with Gasteiger partial charge >= 0.3 is 0 Å². The van der Waals surface area contributed by atoms with Gasteiger partial charge in [-0.1, -0.05) is 42.5 Å². The number of rotatable bonds is 5. The predicted molar refractivity (Wildman–Crippen MR) is 142 cm³/mol. The SMILES string of the molecule is CS[C@H]1O[C@@H](c2ccc(C)c(Cc3ccc([C@@]45CC[C@@H]4CC4(CC5)OCCO4)cc3)c2)[C@H](O)[C@@H](O)[C@@H]1O. The second-order valence-corrected chi connectivity index (χ2v) is 12.3. The molecular formula is C30H38O6S. The fourth-order valence-corrected chi connectivity index (χ4v) is 7.72. The number of thioether (sulfide) groups is 1. The smallest absolute Gasteiger partial charge is 0.168 e. The Bertz CT molecular complexity index is 1110. The third-order valence-electron chi connectivity index (χ3n) is 9.47. The van der Waals surface area contributed by atoms with Crippen LogP contribution >= 0.6 is 11.8 Å². The van der Waals surface area contributed by atoms with Gasteiger partial charge in [0.2, 0.25) is 0 Å². The van der Waals surface area contributed by atoms with Crippen LogP contribution in [0.15, 0.2) is 42.5 Å². The molecule has 6 nitrogen and oxygen atoms in total. The van der Waals surface area contributed by atoms with Crippen molar-refractivity contribution in [3.8, 4) is 0 Å². The molecule has 0 aromatic heterocycles. The maximum Gasteiger partial charge on any atom is 0.168 e. The van der Waals surface area contributed by atoms with E-state index in [-0.39, 0.29) is 11.2 Å². The zero-order chi connectivity index (χ0) is 25.8. The van der Waals surface area contributed by atoms with E-state index in [9.17, 15) is 15.3 Å². The van der Waals surface area contributed by atoms with Crippen LogP contribution in [0, 0.1) is 12.8 Å². The number of aliphatic hydroxyl groups excluding tert-OH is 3. The molecule has 7 atom stereocenters. The molecule has 2 aliphatic carbocycles. The van der Waals surface area contributed by atoms with Gasteiger partial charge in [-0.25, -0.2) is 0 Å². The standard InChI is InChI=1S/C30H38O6S/c1-18-3-6-20(27-25(32)24(31)26(33)28(36-27)37-2)16-21(18)15-19-4-7-22(8-5-19)29-10-9-23(29)17-30(12-11-29)34-13-14-35-30/h3-8,16,23-28,31-33H,9-15,17H2,1-2H3/t23-,24-,25-,26+,27+,28-,29+/m1/s1. The predicted octanol–water partition coefficient (Wildman–Crippen LogP) is 4.00. The fourth-order valence-electron chi connectivity index (χ4n) is 7.05. The zero-order valence-electron chi connectivity index (χ0n) is 21.6.